The Morgan fingerprint density at radius 1 is 0.420 bits per heavy atom. The SMILES string of the molecule is O=c1n(-c2ccccc2)c2ccc(-n3nc(-c4ccccc4)c4ccccc43)cc2n1-c1ccc2c3ccccc3n(-c3ccccn3)c2c1. The van der Waals surface area contributed by atoms with Crippen LogP contribution in [0.2, 0.25) is 0 Å². The molecule has 0 atom stereocenters. The third-order valence-electron chi connectivity index (χ3n) is 9.51. The van der Waals surface area contributed by atoms with E-state index in [4.69, 9.17) is 10.1 Å². The molecule has 0 fully saturated rings. The Kier molecular flexibility index (Phi) is 6.19. The van der Waals surface area contributed by atoms with Gasteiger partial charge in [0.15, 0.2) is 0 Å². The molecule has 236 valence electrons. The molecule has 0 spiro atoms. The molecule has 0 aliphatic carbocycles. The number of imidazole rings is 1. The summed E-state index contributed by atoms with van der Waals surface area (Å²) in [7, 11) is 0. The molecule has 0 saturated heterocycles. The first-order valence-corrected chi connectivity index (χ1v) is 16.6. The van der Waals surface area contributed by atoms with Crippen molar-refractivity contribution in [2.75, 3.05) is 0 Å². The predicted octanol–water partition coefficient (Wildman–Crippen LogP) is 9.28. The van der Waals surface area contributed by atoms with Crippen molar-refractivity contribution in [3.8, 4) is 34.1 Å². The third-order valence-corrected chi connectivity index (χ3v) is 9.51. The van der Waals surface area contributed by atoms with Crippen LogP contribution in [-0.2, 0) is 0 Å². The Morgan fingerprint density at radius 3 is 1.86 bits per heavy atom. The summed E-state index contributed by atoms with van der Waals surface area (Å²) < 4.78 is 7.75. The largest absolute Gasteiger partial charge is 0.338 e. The molecule has 0 radical (unpaired) electrons. The molecule has 0 aliphatic heterocycles. The van der Waals surface area contributed by atoms with Gasteiger partial charge in [0.25, 0.3) is 0 Å². The summed E-state index contributed by atoms with van der Waals surface area (Å²) in [4.78, 5) is 19.4. The van der Waals surface area contributed by atoms with Crippen molar-refractivity contribution in [2.24, 2.45) is 0 Å². The zero-order valence-electron chi connectivity index (χ0n) is 26.8. The fourth-order valence-electron chi connectivity index (χ4n) is 7.30. The van der Waals surface area contributed by atoms with Gasteiger partial charge in [0.2, 0.25) is 0 Å². The summed E-state index contributed by atoms with van der Waals surface area (Å²) in [6, 6.07) is 55.0. The lowest BCUT2D eigenvalue weighted by Gasteiger charge is -2.09. The first-order chi connectivity index (χ1) is 24.7. The average molecular weight is 645 g/mol. The molecule has 0 saturated carbocycles. The first kappa shape index (κ1) is 28.1. The Labute approximate surface area is 286 Å². The van der Waals surface area contributed by atoms with Crippen LogP contribution in [0.15, 0.2) is 175 Å². The molecule has 10 aromatic rings. The van der Waals surface area contributed by atoms with Crippen LogP contribution in [0.4, 0.5) is 0 Å². The van der Waals surface area contributed by atoms with Crippen LogP contribution in [0, 0.1) is 0 Å². The normalized spacial score (nSPS) is 11.7. The van der Waals surface area contributed by atoms with E-state index >= 15 is 0 Å². The molecule has 0 amide bonds. The Hall–Kier alpha value is -6.99. The van der Waals surface area contributed by atoms with Crippen LogP contribution < -0.4 is 5.69 Å². The van der Waals surface area contributed by atoms with E-state index in [0.29, 0.717) is 0 Å². The topological polar surface area (TPSA) is 62.6 Å². The first-order valence-electron chi connectivity index (χ1n) is 16.6. The van der Waals surface area contributed by atoms with Gasteiger partial charge in [-0.05, 0) is 66.7 Å². The number of rotatable bonds is 5. The number of nitrogens with zero attached hydrogens (tertiary/aromatic N) is 6. The number of fused-ring (bicyclic) bond motifs is 5. The summed E-state index contributed by atoms with van der Waals surface area (Å²) in [5.74, 6) is 0.817. The van der Waals surface area contributed by atoms with Gasteiger partial charge in [-0.2, -0.15) is 5.10 Å². The fraction of sp³-hybridized carbons (Fsp3) is 0. The molecule has 0 N–H and O–H groups in total. The Morgan fingerprint density at radius 2 is 1.06 bits per heavy atom. The molecule has 0 unspecified atom stereocenters. The molecule has 10 rings (SSSR count). The zero-order valence-corrected chi connectivity index (χ0v) is 26.8. The highest BCUT2D eigenvalue weighted by Gasteiger charge is 2.21. The summed E-state index contributed by atoms with van der Waals surface area (Å²) in [5, 5.41) is 8.43. The molecular formula is C43H28N6O. The summed E-state index contributed by atoms with van der Waals surface area (Å²) in [6.07, 6.45) is 1.81. The van der Waals surface area contributed by atoms with Crippen molar-refractivity contribution in [3.05, 3.63) is 180 Å². The van der Waals surface area contributed by atoms with Crippen molar-refractivity contribution < 1.29 is 0 Å². The molecular weight excluding hydrogens is 617 g/mol. The molecule has 4 aromatic heterocycles. The average Bonchev–Trinajstić information content (AvgIpc) is 3.82. The number of aromatic nitrogens is 6. The third kappa shape index (κ3) is 4.20. The van der Waals surface area contributed by atoms with Gasteiger partial charge in [-0.1, -0.05) is 97.1 Å². The van der Waals surface area contributed by atoms with Crippen molar-refractivity contribution in [1.29, 1.82) is 0 Å². The highest BCUT2D eigenvalue weighted by molar-refractivity contribution is 6.09. The zero-order chi connectivity index (χ0) is 33.2. The van der Waals surface area contributed by atoms with Crippen molar-refractivity contribution >= 4 is 43.7 Å². The highest BCUT2D eigenvalue weighted by atomic mass is 16.1. The van der Waals surface area contributed by atoms with E-state index in [0.717, 1.165) is 77.9 Å². The van der Waals surface area contributed by atoms with Crippen LogP contribution in [0.1, 0.15) is 0 Å². The van der Waals surface area contributed by atoms with E-state index in [1.807, 2.05) is 119 Å². The second-order valence-corrected chi connectivity index (χ2v) is 12.3. The Bertz CT molecular complexity index is 2930. The fourth-order valence-corrected chi connectivity index (χ4v) is 7.30. The van der Waals surface area contributed by atoms with Crippen molar-refractivity contribution in [1.82, 2.24) is 28.5 Å². The monoisotopic (exact) mass is 644 g/mol. The second kappa shape index (κ2) is 11.0. The number of pyridine rings is 1. The van der Waals surface area contributed by atoms with Gasteiger partial charge in [0.1, 0.15) is 11.5 Å². The van der Waals surface area contributed by atoms with Gasteiger partial charge in [0.05, 0.1) is 44.6 Å². The summed E-state index contributed by atoms with van der Waals surface area (Å²) in [6.45, 7) is 0. The van der Waals surface area contributed by atoms with E-state index in [1.165, 1.54) is 0 Å². The number of hydrogen-bond acceptors (Lipinski definition) is 3. The molecule has 7 nitrogen and oxygen atoms in total. The van der Waals surface area contributed by atoms with Gasteiger partial charge >= 0.3 is 5.69 Å². The highest BCUT2D eigenvalue weighted by Crippen LogP contribution is 2.35. The molecule has 4 heterocycles. The Balaban J connectivity index is 1.26. The van der Waals surface area contributed by atoms with E-state index in [9.17, 15) is 4.79 Å². The lowest BCUT2D eigenvalue weighted by Crippen LogP contribution is -2.22. The van der Waals surface area contributed by atoms with Crippen molar-refractivity contribution in [3.63, 3.8) is 0 Å². The van der Waals surface area contributed by atoms with Crippen LogP contribution in [0.25, 0.3) is 77.9 Å². The minimum atomic E-state index is -0.154. The van der Waals surface area contributed by atoms with E-state index in [2.05, 4.69) is 65.2 Å². The van der Waals surface area contributed by atoms with E-state index < -0.39 is 0 Å². The quantitative estimate of drug-likeness (QED) is 0.188. The predicted molar refractivity (Wildman–Crippen MR) is 201 cm³/mol. The maximum atomic E-state index is 14.7. The smallest absolute Gasteiger partial charge is 0.294 e. The second-order valence-electron chi connectivity index (χ2n) is 12.3. The van der Waals surface area contributed by atoms with Crippen LogP contribution in [0.5, 0.6) is 0 Å². The molecule has 6 aromatic carbocycles. The van der Waals surface area contributed by atoms with Gasteiger partial charge in [0, 0.05) is 27.9 Å². The van der Waals surface area contributed by atoms with Crippen LogP contribution >= 0.6 is 0 Å². The molecule has 0 bridgehead atoms. The number of hydrogen-bond donors (Lipinski definition) is 0. The maximum Gasteiger partial charge on any atom is 0.338 e. The van der Waals surface area contributed by atoms with E-state index in [1.54, 1.807) is 4.57 Å². The minimum absolute atomic E-state index is 0.154. The number of para-hydroxylation sites is 3. The summed E-state index contributed by atoms with van der Waals surface area (Å²) >= 11 is 0. The summed E-state index contributed by atoms with van der Waals surface area (Å²) in [5.41, 5.74) is 8.81. The number of benzene rings is 6. The molecule has 50 heavy (non-hydrogen) atoms. The van der Waals surface area contributed by atoms with E-state index in [-0.39, 0.29) is 5.69 Å². The van der Waals surface area contributed by atoms with Crippen molar-refractivity contribution in [2.45, 2.75) is 0 Å². The molecule has 0 aliphatic rings. The van der Waals surface area contributed by atoms with Gasteiger partial charge in [-0.15, -0.1) is 0 Å². The van der Waals surface area contributed by atoms with Gasteiger partial charge in [-0.3, -0.25) is 13.7 Å². The minimum Gasteiger partial charge on any atom is -0.294 e. The lowest BCUT2D eigenvalue weighted by molar-refractivity contribution is 0.914. The van der Waals surface area contributed by atoms with Crippen LogP contribution in [0.3, 0.4) is 0 Å². The maximum absolute atomic E-state index is 14.7. The van der Waals surface area contributed by atoms with Gasteiger partial charge < -0.3 is 0 Å². The molecule has 7 heteroatoms. The standard InChI is InChI=1S/C43H28N6O/c50-43-46(30-15-5-2-6-16-30)38-25-23-32(49-37-20-10-8-18-35(37)42(45-49)29-13-3-1-4-14-29)28-40(38)47(43)31-22-24-34-33-17-7-9-19-36(33)48(39(34)27-31)41-21-11-12-26-44-41/h1-28H. The van der Waals surface area contributed by atoms with Crippen LogP contribution in [-0.4, -0.2) is 28.5 Å². The lowest BCUT2D eigenvalue weighted by atomic mass is 10.1. The van der Waals surface area contributed by atoms with Gasteiger partial charge in [-0.25, -0.2) is 14.5 Å².